The van der Waals surface area contributed by atoms with Gasteiger partial charge in [0.05, 0.1) is 16.7 Å². The maximum atomic E-state index is 6.32. The number of nitrogens with one attached hydrogen (secondary N) is 1. The Hall–Kier alpha value is -1.80. The summed E-state index contributed by atoms with van der Waals surface area (Å²) in [5, 5.41) is 8.78. The zero-order chi connectivity index (χ0) is 13.2. The van der Waals surface area contributed by atoms with Gasteiger partial charge in [0.2, 0.25) is 0 Å². The SMILES string of the molecule is CCC(c1ccccc1)c1cc(Cl)c2[nH]ncc2c1. The van der Waals surface area contributed by atoms with Crippen LogP contribution >= 0.6 is 11.6 Å². The van der Waals surface area contributed by atoms with Crippen LogP contribution in [-0.4, -0.2) is 10.2 Å². The summed E-state index contributed by atoms with van der Waals surface area (Å²) in [6, 6.07) is 14.8. The lowest BCUT2D eigenvalue weighted by Gasteiger charge is -2.16. The fraction of sp³-hybridized carbons (Fsp3) is 0.188. The number of aromatic amines is 1. The van der Waals surface area contributed by atoms with Crippen LogP contribution in [0.4, 0.5) is 0 Å². The molecule has 0 amide bonds. The number of rotatable bonds is 3. The van der Waals surface area contributed by atoms with Crippen LogP contribution in [-0.2, 0) is 0 Å². The molecule has 0 saturated heterocycles. The Morgan fingerprint density at radius 2 is 1.95 bits per heavy atom. The van der Waals surface area contributed by atoms with Gasteiger partial charge in [-0.1, -0.05) is 48.9 Å². The summed E-state index contributed by atoms with van der Waals surface area (Å²) in [5.41, 5.74) is 3.48. The molecule has 0 aliphatic heterocycles. The van der Waals surface area contributed by atoms with Gasteiger partial charge in [-0.15, -0.1) is 0 Å². The van der Waals surface area contributed by atoms with Gasteiger partial charge >= 0.3 is 0 Å². The standard InChI is InChI=1S/C16H15ClN2/c1-2-14(11-6-4-3-5-7-11)12-8-13-10-18-19-16(13)15(17)9-12/h3-10,14H,2H2,1H3,(H,18,19). The molecule has 19 heavy (non-hydrogen) atoms. The highest BCUT2D eigenvalue weighted by atomic mass is 35.5. The Morgan fingerprint density at radius 1 is 1.16 bits per heavy atom. The van der Waals surface area contributed by atoms with Crippen molar-refractivity contribution < 1.29 is 0 Å². The summed E-state index contributed by atoms with van der Waals surface area (Å²) in [6.07, 6.45) is 2.87. The van der Waals surface area contributed by atoms with Gasteiger partial charge in [0.15, 0.2) is 0 Å². The van der Waals surface area contributed by atoms with Crippen LogP contribution in [0.15, 0.2) is 48.7 Å². The highest BCUT2D eigenvalue weighted by Crippen LogP contribution is 2.32. The second-order valence-corrected chi connectivity index (χ2v) is 5.12. The molecule has 0 fully saturated rings. The molecular formula is C16H15ClN2. The number of fused-ring (bicyclic) bond motifs is 1. The molecular weight excluding hydrogens is 256 g/mol. The summed E-state index contributed by atoms with van der Waals surface area (Å²) in [7, 11) is 0. The summed E-state index contributed by atoms with van der Waals surface area (Å²) >= 11 is 6.32. The average Bonchev–Trinajstić information content (AvgIpc) is 2.90. The summed E-state index contributed by atoms with van der Waals surface area (Å²) in [5.74, 6) is 0.373. The van der Waals surface area contributed by atoms with Gasteiger partial charge in [0.1, 0.15) is 0 Å². The minimum Gasteiger partial charge on any atom is -0.276 e. The van der Waals surface area contributed by atoms with Crippen molar-refractivity contribution in [1.82, 2.24) is 10.2 Å². The van der Waals surface area contributed by atoms with Crippen molar-refractivity contribution >= 4 is 22.5 Å². The van der Waals surface area contributed by atoms with E-state index in [9.17, 15) is 0 Å². The third-order valence-electron chi connectivity index (χ3n) is 3.54. The highest BCUT2D eigenvalue weighted by Gasteiger charge is 2.14. The van der Waals surface area contributed by atoms with E-state index in [2.05, 4.69) is 47.5 Å². The van der Waals surface area contributed by atoms with Gasteiger partial charge in [-0.05, 0) is 29.7 Å². The van der Waals surface area contributed by atoms with Crippen molar-refractivity contribution in [3.63, 3.8) is 0 Å². The van der Waals surface area contributed by atoms with Crippen molar-refractivity contribution in [2.45, 2.75) is 19.3 Å². The van der Waals surface area contributed by atoms with Gasteiger partial charge in [-0.2, -0.15) is 5.10 Å². The molecule has 1 heterocycles. The predicted molar refractivity (Wildman–Crippen MR) is 79.7 cm³/mol. The summed E-state index contributed by atoms with van der Waals surface area (Å²) in [6.45, 7) is 2.20. The van der Waals surface area contributed by atoms with Crippen LogP contribution in [0.3, 0.4) is 0 Å². The molecule has 3 aromatic rings. The van der Waals surface area contributed by atoms with Crippen LogP contribution in [0.2, 0.25) is 5.02 Å². The molecule has 0 saturated carbocycles. The third kappa shape index (κ3) is 2.24. The van der Waals surface area contributed by atoms with E-state index in [0.29, 0.717) is 5.92 Å². The minimum atomic E-state index is 0.373. The lowest BCUT2D eigenvalue weighted by Crippen LogP contribution is -1.99. The summed E-state index contributed by atoms with van der Waals surface area (Å²) in [4.78, 5) is 0. The fourth-order valence-electron chi connectivity index (χ4n) is 2.59. The van der Waals surface area contributed by atoms with Gasteiger partial charge in [0.25, 0.3) is 0 Å². The second kappa shape index (κ2) is 5.06. The molecule has 3 heteroatoms. The molecule has 1 N–H and O–H groups in total. The number of hydrogen-bond donors (Lipinski definition) is 1. The average molecular weight is 271 g/mol. The number of halogens is 1. The zero-order valence-electron chi connectivity index (χ0n) is 10.7. The van der Waals surface area contributed by atoms with E-state index < -0.39 is 0 Å². The van der Waals surface area contributed by atoms with Crippen molar-refractivity contribution in [2.75, 3.05) is 0 Å². The van der Waals surface area contributed by atoms with E-state index >= 15 is 0 Å². The van der Waals surface area contributed by atoms with Gasteiger partial charge in [-0.3, -0.25) is 5.10 Å². The van der Waals surface area contributed by atoms with Crippen LogP contribution in [0.5, 0.6) is 0 Å². The Kier molecular flexibility index (Phi) is 3.26. The number of benzene rings is 2. The number of nitrogens with zero attached hydrogens (tertiary/aromatic N) is 1. The molecule has 2 nitrogen and oxygen atoms in total. The fourth-order valence-corrected chi connectivity index (χ4v) is 2.86. The first-order valence-electron chi connectivity index (χ1n) is 6.47. The van der Waals surface area contributed by atoms with E-state index in [1.54, 1.807) is 0 Å². The van der Waals surface area contributed by atoms with Gasteiger partial charge in [0, 0.05) is 11.3 Å². The van der Waals surface area contributed by atoms with Crippen LogP contribution in [0.25, 0.3) is 10.9 Å². The monoisotopic (exact) mass is 270 g/mol. The first-order valence-corrected chi connectivity index (χ1v) is 6.85. The lowest BCUT2D eigenvalue weighted by atomic mass is 9.89. The number of aromatic nitrogens is 2. The molecule has 2 aromatic carbocycles. The Balaban J connectivity index is 2.11. The highest BCUT2D eigenvalue weighted by molar-refractivity contribution is 6.35. The van der Waals surface area contributed by atoms with Crippen LogP contribution < -0.4 is 0 Å². The molecule has 3 rings (SSSR count). The minimum absolute atomic E-state index is 0.373. The molecule has 0 aliphatic carbocycles. The molecule has 1 unspecified atom stereocenters. The lowest BCUT2D eigenvalue weighted by molar-refractivity contribution is 0.778. The predicted octanol–water partition coefficient (Wildman–Crippen LogP) is 4.76. The number of H-pyrrole nitrogens is 1. The van der Waals surface area contributed by atoms with E-state index in [0.717, 1.165) is 22.3 Å². The Bertz CT molecular complexity index is 688. The van der Waals surface area contributed by atoms with E-state index in [4.69, 9.17) is 11.6 Å². The molecule has 96 valence electrons. The zero-order valence-corrected chi connectivity index (χ0v) is 11.5. The molecule has 0 bridgehead atoms. The summed E-state index contributed by atoms with van der Waals surface area (Å²) < 4.78 is 0. The largest absolute Gasteiger partial charge is 0.276 e. The maximum Gasteiger partial charge on any atom is 0.0836 e. The van der Waals surface area contributed by atoms with E-state index in [-0.39, 0.29) is 0 Å². The van der Waals surface area contributed by atoms with E-state index in [1.165, 1.54) is 11.1 Å². The van der Waals surface area contributed by atoms with Crippen LogP contribution in [0, 0.1) is 0 Å². The first kappa shape index (κ1) is 12.2. The molecule has 1 aromatic heterocycles. The maximum absolute atomic E-state index is 6.32. The van der Waals surface area contributed by atoms with Gasteiger partial charge in [-0.25, -0.2) is 0 Å². The molecule has 0 spiro atoms. The van der Waals surface area contributed by atoms with Crippen LogP contribution in [0.1, 0.15) is 30.4 Å². The van der Waals surface area contributed by atoms with Gasteiger partial charge < -0.3 is 0 Å². The molecule has 1 atom stereocenters. The Labute approximate surface area is 117 Å². The quantitative estimate of drug-likeness (QED) is 0.730. The van der Waals surface area contributed by atoms with Crippen molar-refractivity contribution in [2.24, 2.45) is 0 Å². The first-order chi connectivity index (χ1) is 9.29. The van der Waals surface area contributed by atoms with Crippen molar-refractivity contribution in [1.29, 1.82) is 0 Å². The topological polar surface area (TPSA) is 28.7 Å². The van der Waals surface area contributed by atoms with E-state index in [1.807, 2.05) is 18.3 Å². The number of hydrogen-bond acceptors (Lipinski definition) is 1. The second-order valence-electron chi connectivity index (χ2n) is 4.71. The van der Waals surface area contributed by atoms with Crippen molar-refractivity contribution in [3.05, 3.63) is 64.8 Å². The smallest absolute Gasteiger partial charge is 0.0836 e. The molecule has 0 radical (unpaired) electrons. The van der Waals surface area contributed by atoms with Crippen molar-refractivity contribution in [3.8, 4) is 0 Å². The normalized spacial score (nSPS) is 12.7. The third-order valence-corrected chi connectivity index (χ3v) is 3.83. The Morgan fingerprint density at radius 3 is 2.68 bits per heavy atom. The molecule has 0 aliphatic rings.